The van der Waals surface area contributed by atoms with E-state index in [1.165, 1.54) is 9.87 Å². The highest BCUT2D eigenvalue weighted by Crippen LogP contribution is 2.27. The Morgan fingerprint density at radius 2 is 1.60 bits per heavy atom. The second-order valence-corrected chi connectivity index (χ2v) is 12.0. The average molecular weight is 500 g/mol. The number of carbonyl (C=O) groups is 2. The largest absolute Gasteiger partial charge is 0.444 e. The van der Waals surface area contributed by atoms with Gasteiger partial charge in [-0.05, 0) is 81.0 Å². The zero-order chi connectivity index (χ0) is 25.2. The summed E-state index contributed by atoms with van der Waals surface area (Å²) in [5, 5.41) is 2.69. The Labute approximate surface area is 207 Å². The molecular weight excluding hydrogens is 466 g/mol. The van der Waals surface area contributed by atoms with Gasteiger partial charge < -0.3 is 15.0 Å². The number of hydrogen-bond acceptors (Lipinski definition) is 5. The molecule has 0 saturated carbocycles. The van der Waals surface area contributed by atoms with E-state index < -0.39 is 21.7 Å². The predicted molar refractivity (Wildman–Crippen MR) is 133 cm³/mol. The van der Waals surface area contributed by atoms with Crippen LogP contribution in [0.5, 0.6) is 0 Å². The van der Waals surface area contributed by atoms with Crippen LogP contribution in [0, 0.1) is 0 Å². The van der Waals surface area contributed by atoms with Gasteiger partial charge in [-0.1, -0.05) is 18.2 Å². The number of hydrogen-bond donors (Lipinski definition) is 1. The topological polar surface area (TPSA) is 96.0 Å². The number of piperazine rings is 1. The van der Waals surface area contributed by atoms with E-state index >= 15 is 0 Å². The van der Waals surface area contributed by atoms with Gasteiger partial charge >= 0.3 is 6.09 Å². The summed E-state index contributed by atoms with van der Waals surface area (Å²) in [5.74, 6) is -0.133. The van der Waals surface area contributed by atoms with E-state index in [-0.39, 0.29) is 19.0 Å². The van der Waals surface area contributed by atoms with Crippen LogP contribution in [0.3, 0.4) is 0 Å². The summed E-state index contributed by atoms with van der Waals surface area (Å²) < 4.78 is 33.0. The minimum atomic E-state index is -3.58. The molecule has 4 rings (SSSR count). The fourth-order valence-corrected chi connectivity index (χ4v) is 5.90. The SMILES string of the molecule is CC(C)(C)OC(=O)NCc1ccc(C(=O)N2CCN(S(=O)(=O)c3ccc4c(c3)CCC4)CC2)cc1. The molecule has 8 nitrogen and oxygen atoms in total. The fourth-order valence-electron chi connectivity index (χ4n) is 4.43. The van der Waals surface area contributed by atoms with Crippen molar-refractivity contribution in [3.05, 3.63) is 64.7 Å². The number of amides is 2. The molecule has 1 aliphatic carbocycles. The lowest BCUT2D eigenvalue weighted by molar-refractivity contribution is 0.0523. The van der Waals surface area contributed by atoms with Crippen LogP contribution in [0.25, 0.3) is 0 Å². The first-order chi connectivity index (χ1) is 16.5. The van der Waals surface area contributed by atoms with Gasteiger partial charge in [0.2, 0.25) is 10.0 Å². The molecule has 0 unspecified atom stereocenters. The molecule has 2 aromatic rings. The smallest absolute Gasteiger partial charge is 0.407 e. The molecule has 9 heteroatoms. The standard InChI is InChI=1S/C26H33N3O5S/c1-26(2,3)34-25(31)27-18-19-7-9-21(10-8-19)24(30)28-13-15-29(16-14-28)35(32,33)23-12-11-20-5-4-6-22(20)17-23/h7-12,17H,4-6,13-16,18H2,1-3H3,(H,27,31). The molecule has 1 heterocycles. The maximum atomic E-state index is 13.1. The first-order valence-electron chi connectivity index (χ1n) is 12.0. The number of rotatable bonds is 5. The maximum absolute atomic E-state index is 13.1. The van der Waals surface area contributed by atoms with Gasteiger partial charge in [0.15, 0.2) is 0 Å². The van der Waals surface area contributed by atoms with Crippen LogP contribution in [0.1, 0.15) is 54.2 Å². The fraction of sp³-hybridized carbons (Fsp3) is 0.462. The van der Waals surface area contributed by atoms with Crippen molar-refractivity contribution in [1.82, 2.24) is 14.5 Å². The van der Waals surface area contributed by atoms with Crippen LogP contribution >= 0.6 is 0 Å². The molecule has 1 aliphatic heterocycles. The number of nitrogens with one attached hydrogen (secondary N) is 1. The highest BCUT2D eigenvalue weighted by Gasteiger charge is 2.31. The van der Waals surface area contributed by atoms with Crippen molar-refractivity contribution < 1.29 is 22.7 Å². The normalized spacial score (nSPS) is 16.6. The van der Waals surface area contributed by atoms with Crippen molar-refractivity contribution in [1.29, 1.82) is 0 Å². The van der Waals surface area contributed by atoms with Gasteiger partial charge in [-0.15, -0.1) is 0 Å². The van der Waals surface area contributed by atoms with Crippen molar-refractivity contribution in [2.45, 2.75) is 57.1 Å². The molecule has 0 atom stereocenters. The summed E-state index contributed by atoms with van der Waals surface area (Å²) in [6, 6.07) is 12.5. The van der Waals surface area contributed by atoms with Crippen molar-refractivity contribution in [3.8, 4) is 0 Å². The third kappa shape index (κ3) is 6.02. The van der Waals surface area contributed by atoms with Crippen molar-refractivity contribution in [2.24, 2.45) is 0 Å². The summed E-state index contributed by atoms with van der Waals surface area (Å²) in [7, 11) is -3.58. The van der Waals surface area contributed by atoms with Crippen LogP contribution in [-0.2, 0) is 34.1 Å². The van der Waals surface area contributed by atoms with Gasteiger partial charge in [0.25, 0.3) is 5.91 Å². The summed E-state index contributed by atoms with van der Waals surface area (Å²) in [6.07, 6.45) is 2.51. The predicted octanol–water partition coefficient (Wildman–Crippen LogP) is 3.35. The molecule has 188 valence electrons. The van der Waals surface area contributed by atoms with Crippen LogP contribution in [0.2, 0.25) is 0 Å². The van der Waals surface area contributed by atoms with Crippen molar-refractivity contribution in [3.63, 3.8) is 0 Å². The molecule has 0 bridgehead atoms. The van der Waals surface area contributed by atoms with E-state index in [1.54, 1.807) is 56.0 Å². The van der Waals surface area contributed by atoms with Crippen LogP contribution in [-0.4, -0.2) is 61.4 Å². The molecule has 0 radical (unpaired) electrons. The van der Waals surface area contributed by atoms with Crippen molar-refractivity contribution in [2.75, 3.05) is 26.2 Å². The number of carbonyl (C=O) groups excluding carboxylic acids is 2. The Kier molecular flexibility index (Phi) is 7.19. The Morgan fingerprint density at radius 1 is 0.943 bits per heavy atom. The van der Waals surface area contributed by atoms with Crippen molar-refractivity contribution >= 4 is 22.0 Å². The zero-order valence-electron chi connectivity index (χ0n) is 20.5. The maximum Gasteiger partial charge on any atom is 0.407 e. The average Bonchev–Trinajstić information content (AvgIpc) is 3.30. The van der Waals surface area contributed by atoms with E-state index in [2.05, 4.69) is 5.32 Å². The molecule has 1 fully saturated rings. The lowest BCUT2D eigenvalue weighted by Gasteiger charge is -2.34. The number of aryl methyl sites for hydroxylation is 2. The molecule has 1 N–H and O–H groups in total. The van der Waals surface area contributed by atoms with E-state index in [4.69, 9.17) is 4.74 Å². The number of fused-ring (bicyclic) bond motifs is 1. The van der Waals surface area contributed by atoms with E-state index in [0.717, 1.165) is 30.4 Å². The Morgan fingerprint density at radius 3 is 2.26 bits per heavy atom. The van der Waals surface area contributed by atoms with Gasteiger partial charge in [0.1, 0.15) is 5.60 Å². The zero-order valence-corrected chi connectivity index (χ0v) is 21.4. The third-order valence-electron chi connectivity index (χ3n) is 6.27. The molecule has 2 amide bonds. The number of ether oxygens (including phenoxy) is 1. The molecule has 0 aromatic heterocycles. The molecule has 35 heavy (non-hydrogen) atoms. The quantitative estimate of drug-likeness (QED) is 0.681. The molecule has 2 aliphatic rings. The highest BCUT2D eigenvalue weighted by molar-refractivity contribution is 7.89. The number of benzene rings is 2. The Hall–Kier alpha value is -2.91. The molecular formula is C26H33N3O5S. The Balaban J connectivity index is 1.31. The summed E-state index contributed by atoms with van der Waals surface area (Å²) in [5.41, 5.74) is 3.18. The van der Waals surface area contributed by atoms with Gasteiger partial charge in [0, 0.05) is 38.3 Å². The second-order valence-electron chi connectivity index (χ2n) is 10.0. The first kappa shape index (κ1) is 25.2. The third-order valence-corrected chi connectivity index (χ3v) is 8.16. The van der Waals surface area contributed by atoms with Crippen LogP contribution < -0.4 is 5.32 Å². The lowest BCUT2D eigenvalue weighted by Crippen LogP contribution is -2.50. The van der Waals surface area contributed by atoms with E-state index in [0.29, 0.717) is 30.1 Å². The van der Waals surface area contributed by atoms with Gasteiger partial charge in [-0.2, -0.15) is 4.31 Å². The molecule has 1 saturated heterocycles. The second kappa shape index (κ2) is 9.99. The highest BCUT2D eigenvalue weighted by atomic mass is 32.2. The lowest BCUT2D eigenvalue weighted by atomic mass is 10.1. The Bertz CT molecular complexity index is 1190. The minimum absolute atomic E-state index is 0.133. The van der Waals surface area contributed by atoms with E-state index in [9.17, 15) is 18.0 Å². The van der Waals surface area contributed by atoms with Gasteiger partial charge in [0.05, 0.1) is 4.90 Å². The van der Waals surface area contributed by atoms with Crippen LogP contribution in [0.15, 0.2) is 47.4 Å². The summed E-state index contributed by atoms with van der Waals surface area (Å²) in [4.78, 5) is 26.8. The first-order valence-corrected chi connectivity index (χ1v) is 13.4. The van der Waals surface area contributed by atoms with Crippen LogP contribution in [0.4, 0.5) is 4.79 Å². The monoisotopic (exact) mass is 499 g/mol. The minimum Gasteiger partial charge on any atom is -0.444 e. The molecule has 0 spiro atoms. The number of alkyl carbamates (subject to hydrolysis) is 1. The summed E-state index contributed by atoms with van der Waals surface area (Å²) in [6.45, 7) is 6.91. The van der Waals surface area contributed by atoms with Gasteiger partial charge in [-0.3, -0.25) is 4.79 Å². The summed E-state index contributed by atoms with van der Waals surface area (Å²) >= 11 is 0. The number of nitrogens with zero attached hydrogens (tertiary/aromatic N) is 2. The molecule has 2 aromatic carbocycles. The number of sulfonamides is 1. The van der Waals surface area contributed by atoms with Gasteiger partial charge in [-0.25, -0.2) is 13.2 Å². The van der Waals surface area contributed by atoms with E-state index in [1.807, 2.05) is 12.1 Å².